The Morgan fingerprint density at radius 1 is 1.42 bits per heavy atom. The van der Waals surface area contributed by atoms with E-state index in [2.05, 4.69) is 5.32 Å². The zero-order chi connectivity index (χ0) is 14.3. The zero-order valence-electron chi connectivity index (χ0n) is 12.3. The lowest BCUT2D eigenvalue weighted by molar-refractivity contribution is -0.149. The lowest BCUT2D eigenvalue weighted by Gasteiger charge is -2.24. The van der Waals surface area contributed by atoms with E-state index in [0.717, 1.165) is 19.5 Å². The summed E-state index contributed by atoms with van der Waals surface area (Å²) < 4.78 is 4.93. The van der Waals surface area contributed by atoms with Crippen molar-refractivity contribution < 1.29 is 14.3 Å². The van der Waals surface area contributed by atoms with E-state index in [9.17, 15) is 9.59 Å². The van der Waals surface area contributed by atoms with E-state index in [1.165, 1.54) is 0 Å². The highest BCUT2D eigenvalue weighted by atomic mass is 16.5. The number of carbonyl (C=O) groups excluding carboxylic acids is 2. The highest BCUT2D eigenvalue weighted by Gasteiger charge is 2.24. The number of hydrogen-bond acceptors (Lipinski definition) is 4. The quantitative estimate of drug-likeness (QED) is 0.702. The molecule has 1 fully saturated rings. The van der Waals surface area contributed by atoms with E-state index in [4.69, 9.17) is 4.74 Å². The summed E-state index contributed by atoms with van der Waals surface area (Å²) in [5, 5.41) is 3.26. The summed E-state index contributed by atoms with van der Waals surface area (Å²) >= 11 is 0. The number of nitrogens with zero attached hydrogens (tertiary/aromatic N) is 1. The number of hydrogen-bond donors (Lipinski definition) is 1. The molecule has 110 valence electrons. The first-order valence-corrected chi connectivity index (χ1v) is 7.17. The summed E-state index contributed by atoms with van der Waals surface area (Å²) in [5.41, 5.74) is 0. The van der Waals surface area contributed by atoms with E-state index in [1.54, 1.807) is 11.8 Å². The van der Waals surface area contributed by atoms with E-state index in [1.807, 2.05) is 13.8 Å². The number of esters is 1. The zero-order valence-corrected chi connectivity index (χ0v) is 12.3. The average molecular weight is 270 g/mol. The van der Waals surface area contributed by atoms with Gasteiger partial charge < -0.3 is 15.0 Å². The van der Waals surface area contributed by atoms with Crippen LogP contribution in [-0.2, 0) is 14.3 Å². The molecule has 0 aliphatic carbocycles. The van der Waals surface area contributed by atoms with E-state index in [0.29, 0.717) is 31.4 Å². The Balaban J connectivity index is 2.50. The molecule has 1 saturated heterocycles. The average Bonchev–Trinajstić information content (AvgIpc) is 2.80. The molecule has 0 spiro atoms. The van der Waals surface area contributed by atoms with E-state index >= 15 is 0 Å². The minimum Gasteiger partial charge on any atom is -0.465 e. The molecule has 1 N–H and O–H groups in total. The molecule has 1 rings (SSSR count). The summed E-state index contributed by atoms with van der Waals surface area (Å²) in [6.07, 6.45) is 1.57. The molecule has 0 aromatic heterocycles. The van der Waals surface area contributed by atoms with Crippen molar-refractivity contribution in [2.45, 2.75) is 33.6 Å². The molecule has 0 bridgehead atoms. The van der Waals surface area contributed by atoms with Crippen molar-refractivity contribution in [3.63, 3.8) is 0 Å². The Morgan fingerprint density at radius 3 is 2.68 bits per heavy atom. The lowest BCUT2D eigenvalue weighted by atomic mass is 10.0. The molecule has 5 nitrogen and oxygen atoms in total. The largest absolute Gasteiger partial charge is 0.465 e. The van der Waals surface area contributed by atoms with Crippen LogP contribution < -0.4 is 5.32 Å². The second-order valence-corrected chi connectivity index (χ2v) is 5.54. The van der Waals surface area contributed by atoms with Gasteiger partial charge in [-0.15, -0.1) is 0 Å². The van der Waals surface area contributed by atoms with Gasteiger partial charge in [-0.3, -0.25) is 9.59 Å². The van der Waals surface area contributed by atoms with Gasteiger partial charge in [0.2, 0.25) is 5.91 Å². The molecule has 1 amide bonds. The smallest absolute Gasteiger partial charge is 0.325 e. The molecule has 19 heavy (non-hydrogen) atoms. The maximum absolute atomic E-state index is 12.3. The molecule has 0 aromatic carbocycles. The first-order chi connectivity index (χ1) is 9.02. The standard InChI is InChI=1S/C14H26N2O3/c1-4-19-14(18)10-16(9-11(2)3)13(17)7-12-5-6-15-8-12/h11-12,15H,4-10H2,1-3H3. The van der Waals surface area contributed by atoms with Crippen LogP contribution >= 0.6 is 0 Å². The van der Waals surface area contributed by atoms with Crippen molar-refractivity contribution in [3.05, 3.63) is 0 Å². The predicted octanol–water partition coefficient (Wildman–Crippen LogP) is 1.03. The van der Waals surface area contributed by atoms with Crippen LogP contribution in [0.2, 0.25) is 0 Å². The molecule has 1 aliphatic heterocycles. The van der Waals surface area contributed by atoms with Gasteiger partial charge in [0.15, 0.2) is 0 Å². The number of rotatable bonds is 7. The van der Waals surface area contributed by atoms with Crippen LogP contribution in [0.3, 0.4) is 0 Å². The van der Waals surface area contributed by atoms with Crippen molar-refractivity contribution in [2.75, 3.05) is 32.8 Å². The second-order valence-electron chi connectivity index (χ2n) is 5.54. The highest BCUT2D eigenvalue weighted by Crippen LogP contribution is 2.14. The number of ether oxygens (including phenoxy) is 1. The third-order valence-electron chi connectivity index (χ3n) is 3.19. The van der Waals surface area contributed by atoms with Gasteiger partial charge in [-0.1, -0.05) is 13.8 Å². The molecule has 1 atom stereocenters. The number of amides is 1. The van der Waals surface area contributed by atoms with Crippen molar-refractivity contribution in [3.8, 4) is 0 Å². The van der Waals surface area contributed by atoms with Crippen molar-refractivity contribution >= 4 is 11.9 Å². The van der Waals surface area contributed by atoms with Gasteiger partial charge in [-0.2, -0.15) is 0 Å². The summed E-state index contributed by atoms with van der Waals surface area (Å²) in [5.74, 6) is 0.501. The minimum absolute atomic E-state index is 0.0652. The summed E-state index contributed by atoms with van der Waals surface area (Å²) in [4.78, 5) is 25.5. The molecule has 5 heteroatoms. The first-order valence-electron chi connectivity index (χ1n) is 7.17. The Kier molecular flexibility index (Phi) is 6.84. The predicted molar refractivity (Wildman–Crippen MR) is 73.6 cm³/mol. The maximum Gasteiger partial charge on any atom is 0.325 e. The van der Waals surface area contributed by atoms with Gasteiger partial charge in [0.05, 0.1) is 6.61 Å². The van der Waals surface area contributed by atoms with Crippen molar-refractivity contribution in [1.29, 1.82) is 0 Å². The molecule has 0 radical (unpaired) electrons. The van der Waals surface area contributed by atoms with Gasteiger partial charge in [0.25, 0.3) is 0 Å². The van der Waals surface area contributed by atoms with Crippen LogP contribution in [0.25, 0.3) is 0 Å². The third kappa shape index (κ3) is 6.05. The Morgan fingerprint density at radius 2 is 2.16 bits per heavy atom. The summed E-state index contributed by atoms with van der Waals surface area (Å²) in [6.45, 7) is 8.79. The van der Waals surface area contributed by atoms with Gasteiger partial charge in [0.1, 0.15) is 6.54 Å². The molecule has 0 aromatic rings. The maximum atomic E-state index is 12.3. The Labute approximate surface area is 115 Å². The fourth-order valence-corrected chi connectivity index (χ4v) is 2.32. The van der Waals surface area contributed by atoms with Crippen LogP contribution in [0.1, 0.15) is 33.6 Å². The molecular weight excluding hydrogens is 244 g/mol. The van der Waals surface area contributed by atoms with Crippen LogP contribution in [0.5, 0.6) is 0 Å². The Bertz CT molecular complexity index is 299. The van der Waals surface area contributed by atoms with E-state index in [-0.39, 0.29) is 18.4 Å². The Hall–Kier alpha value is -1.10. The monoisotopic (exact) mass is 270 g/mol. The molecular formula is C14H26N2O3. The van der Waals surface area contributed by atoms with Gasteiger partial charge >= 0.3 is 5.97 Å². The normalized spacial score (nSPS) is 18.6. The third-order valence-corrected chi connectivity index (χ3v) is 3.19. The molecule has 1 unspecified atom stereocenters. The van der Waals surface area contributed by atoms with Crippen molar-refractivity contribution in [1.82, 2.24) is 10.2 Å². The fraction of sp³-hybridized carbons (Fsp3) is 0.857. The van der Waals surface area contributed by atoms with Gasteiger partial charge in [0, 0.05) is 13.0 Å². The SMILES string of the molecule is CCOC(=O)CN(CC(C)C)C(=O)CC1CCNC1. The number of carbonyl (C=O) groups is 2. The van der Waals surface area contributed by atoms with Gasteiger partial charge in [-0.25, -0.2) is 0 Å². The fourth-order valence-electron chi connectivity index (χ4n) is 2.32. The lowest BCUT2D eigenvalue weighted by Crippen LogP contribution is -2.39. The van der Waals surface area contributed by atoms with Crippen molar-refractivity contribution in [2.24, 2.45) is 11.8 Å². The minimum atomic E-state index is -0.318. The van der Waals surface area contributed by atoms with E-state index < -0.39 is 0 Å². The van der Waals surface area contributed by atoms with Gasteiger partial charge in [-0.05, 0) is 38.3 Å². The van der Waals surface area contributed by atoms with Crippen LogP contribution in [0.15, 0.2) is 0 Å². The molecule has 0 saturated carbocycles. The summed E-state index contributed by atoms with van der Waals surface area (Å²) in [6, 6.07) is 0. The van der Waals surface area contributed by atoms with Crippen LogP contribution in [0.4, 0.5) is 0 Å². The number of nitrogens with one attached hydrogen (secondary N) is 1. The second kappa shape index (κ2) is 8.15. The molecule has 1 aliphatic rings. The van der Waals surface area contributed by atoms with Crippen LogP contribution in [0, 0.1) is 11.8 Å². The topological polar surface area (TPSA) is 58.6 Å². The van der Waals surface area contributed by atoms with Crippen LogP contribution in [-0.4, -0.2) is 49.6 Å². The first kappa shape index (κ1) is 16.0. The summed E-state index contributed by atoms with van der Waals surface area (Å²) in [7, 11) is 0. The highest BCUT2D eigenvalue weighted by molar-refractivity contribution is 5.82. The molecule has 1 heterocycles.